The molecule has 0 radical (unpaired) electrons. The molecule has 0 atom stereocenters. The van der Waals surface area contributed by atoms with Gasteiger partial charge in [-0.25, -0.2) is 12.7 Å². The van der Waals surface area contributed by atoms with Gasteiger partial charge >= 0.3 is 0 Å². The second kappa shape index (κ2) is 7.31. The molecule has 1 aliphatic rings. The normalized spacial score (nSPS) is 13.0. The monoisotopic (exact) mass is 431 g/mol. The van der Waals surface area contributed by atoms with Crippen LogP contribution in [0.1, 0.15) is 5.69 Å². The number of rotatable bonds is 4. The van der Waals surface area contributed by atoms with E-state index >= 15 is 0 Å². The lowest BCUT2D eigenvalue weighted by molar-refractivity contribution is 0.171. The average Bonchev–Trinajstić information content (AvgIpc) is 3.17. The van der Waals surface area contributed by atoms with Crippen LogP contribution in [0.4, 0.5) is 5.88 Å². The standard InChI is InChI=1S/C19H14ClN3O5S/c1-23(29(24,25)14-6-7-16-17(10-14)27-9-8-26-16)19-15(11-21)22-18(28-19)12-2-4-13(20)5-3-12/h2-7,10H,8-9H2,1H3. The molecule has 0 N–H and O–H groups in total. The highest BCUT2D eigenvalue weighted by Crippen LogP contribution is 2.35. The van der Waals surface area contributed by atoms with Crippen LogP contribution in [-0.2, 0) is 10.0 Å². The van der Waals surface area contributed by atoms with E-state index in [-0.39, 0.29) is 22.4 Å². The van der Waals surface area contributed by atoms with Crippen LogP contribution in [0.3, 0.4) is 0 Å². The van der Waals surface area contributed by atoms with Gasteiger partial charge in [-0.2, -0.15) is 10.2 Å². The lowest BCUT2D eigenvalue weighted by Crippen LogP contribution is -2.27. The van der Waals surface area contributed by atoms with Crippen molar-refractivity contribution in [3.8, 4) is 29.0 Å². The average molecular weight is 432 g/mol. The molecule has 0 saturated heterocycles. The number of hydrogen-bond acceptors (Lipinski definition) is 7. The molecule has 2 aromatic carbocycles. The maximum absolute atomic E-state index is 13.1. The summed E-state index contributed by atoms with van der Waals surface area (Å²) in [5.74, 6) is 0.732. The summed E-state index contributed by atoms with van der Waals surface area (Å²) >= 11 is 5.88. The first kappa shape index (κ1) is 19.1. The van der Waals surface area contributed by atoms with Crippen LogP contribution in [0.15, 0.2) is 51.8 Å². The van der Waals surface area contributed by atoms with E-state index in [1.165, 1.54) is 25.2 Å². The number of ether oxygens (including phenoxy) is 2. The molecule has 0 fully saturated rings. The predicted octanol–water partition coefficient (Wildman–Crippen LogP) is 3.46. The Morgan fingerprint density at radius 2 is 1.79 bits per heavy atom. The van der Waals surface area contributed by atoms with Crippen molar-refractivity contribution in [1.29, 1.82) is 5.26 Å². The molecular weight excluding hydrogens is 418 g/mol. The zero-order valence-corrected chi connectivity index (χ0v) is 16.7. The van der Waals surface area contributed by atoms with E-state index in [4.69, 9.17) is 25.5 Å². The fourth-order valence-electron chi connectivity index (χ4n) is 2.77. The van der Waals surface area contributed by atoms with Gasteiger partial charge in [0.25, 0.3) is 10.0 Å². The minimum atomic E-state index is -4.04. The van der Waals surface area contributed by atoms with E-state index in [0.717, 1.165) is 4.31 Å². The Hall–Kier alpha value is -3.22. The number of sulfonamides is 1. The van der Waals surface area contributed by atoms with Crippen LogP contribution < -0.4 is 13.8 Å². The van der Waals surface area contributed by atoms with Crippen LogP contribution in [0, 0.1) is 11.3 Å². The van der Waals surface area contributed by atoms with Gasteiger partial charge in [0, 0.05) is 23.7 Å². The third kappa shape index (κ3) is 3.48. The molecule has 0 amide bonds. The number of nitrogens with zero attached hydrogens (tertiary/aromatic N) is 3. The van der Waals surface area contributed by atoms with Crippen LogP contribution in [0.25, 0.3) is 11.5 Å². The summed E-state index contributed by atoms with van der Waals surface area (Å²) in [6, 6.07) is 12.8. The fourth-order valence-corrected chi connectivity index (χ4v) is 4.05. The minimum absolute atomic E-state index is 0.0300. The summed E-state index contributed by atoms with van der Waals surface area (Å²) in [5, 5.41) is 9.94. The summed E-state index contributed by atoms with van der Waals surface area (Å²) in [6.45, 7) is 0.730. The Morgan fingerprint density at radius 1 is 1.10 bits per heavy atom. The van der Waals surface area contributed by atoms with Crippen molar-refractivity contribution in [2.24, 2.45) is 0 Å². The van der Waals surface area contributed by atoms with E-state index in [1.807, 2.05) is 6.07 Å². The molecule has 0 unspecified atom stereocenters. The first-order valence-electron chi connectivity index (χ1n) is 8.45. The number of aromatic nitrogens is 1. The predicted molar refractivity (Wildman–Crippen MR) is 105 cm³/mol. The SMILES string of the molecule is CN(c1oc(-c2ccc(Cl)cc2)nc1C#N)S(=O)(=O)c1ccc2c(c1)OCCO2. The molecule has 1 aromatic heterocycles. The Balaban J connectivity index is 1.72. The van der Waals surface area contributed by atoms with Crippen molar-refractivity contribution < 1.29 is 22.3 Å². The van der Waals surface area contributed by atoms with Crippen molar-refractivity contribution in [3.63, 3.8) is 0 Å². The summed E-state index contributed by atoms with van der Waals surface area (Å²) in [7, 11) is -2.75. The van der Waals surface area contributed by atoms with E-state index in [1.54, 1.807) is 24.3 Å². The number of anilines is 1. The van der Waals surface area contributed by atoms with E-state index in [2.05, 4.69) is 4.98 Å². The molecule has 0 saturated carbocycles. The van der Waals surface area contributed by atoms with Crippen LogP contribution in [0.5, 0.6) is 11.5 Å². The molecular formula is C19H14ClN3O5S. The highest BCUT2D eigenvalue weighted by molar-refractivity contribution is 7.92. The van der Waals surface area contributed by atoms with Gasteiger partial charge in [-0.3, -0.25) is 0 Å². The molecule has 1 aliphatic heterocycles. The van der Waals surface area contributed by atoms with Gasteiger partial charge in [-0.05, 0) is 36.4 Å². The van der Waals surface area contributed by atoms with Gasteiger partial charge in [0.2, 0.25) is 17.5 Å². The van der Waals surface area contributed by atoms with Crippen molar-refractivity contribution in [1.82, 2.24) is 4.98 Å². The first-order chi connectivity index (χ1) is 13.9. The zero-order valence-electron chi connectivity index (χ0n) is 15.1. The Bertz CT molecular complexity index is 1220. The highest BCUT2D eigenvalue weighted by Gasteiger charge is 2.29. The lowest BCUT2D eigenvalue weighted by Gasteiger charge is -2.21. The van der Waals surface area contributed by atoms with Gasteiger partial charge in [0.15, 0.2) is 11.5 Å². The van der Waals surface area contributed by atoms with E-state index in [0.29, 0.717) is 35.3 Å². The Kier molecular flexibility index (Phi) is 4.82. The van der Waals surface area contributed by atoms with E-state index < -0.39 is 10.0 Å². The van der Waals surface area contributed by atoms with Crippen LogP contribution in [-0.4, -0.2) is 33.7 Å². The van der Waals surface area contributed by atoms with Gasteiger partial charge < -0.3 is 13.9 Å². The summed E-state index contributed by atoms with van der Waals surface area (Å²) < 4.78 is 43.6. The van der Waals surface area contributed by atoms with Crippen LogP contribution >= 0.6 is 11.6 Å². The number of nitriles is 1. The number of oxazole rings is 1. The summed E-state index contributed by atoms with van der Waals surface area (Å²) in [4.78, 5) is 4.08. The topological polar surface area (TPSA) is 106 Å². The first-order valence-corrected chi connectivity index (χ1v) is 10.3. The molecule has 0 spiro atoms. The summed E-state index contributed by atoms with van der Waals surface area (Å²) in [6.07, 6.45) is 0. The lowest BCUT2D eigenvalue weighted by atomic mass is 10.2. The van der Waals surface area contributed by atoms with Crippen molar-refractivity contribution in [3.05, 3.63) is 53.2 Å². The smallest absolute Gasteiger partial charge is 0.266 e. The van der Waals surface area contributed by atoms with Gasteiger partial charge in [-0.1, -0.05) is 11.6 Å². The molecule has 0 bridgehead atoms. The number of fused-ring (bicyclic) bond motifs is 1. The van der Waals surface area contributed by atoms with E-state index in [9.17, 15) is 13.7 Å². The van der Waals surface area contributed by atoms with Gasteiger partial charge in [-0.15, -0.1) is 0 Å². The number of hydrogen-bond donors (Lipinski definition) is 0. The molecule has 2 heterocycles. The van der Waals surface area contributed by atoms with Crippen molar-refractivity contribution >= 4 is 27.5 Å². The largest absolute Gasteiger partial charge is 0.486 e. The number of halogens is 1. The maximum Gasteiger partial charge on any atom is 0.266 e. The zero-order chi connectivity index (χ0) is 20.6. The van der Waals surface area contributed by atoms with Gasteiger partial charge in [0.1, 0.15) is 19.3 Å². The quantitative estimate of drug-likeness (QED) is 0.622. The van der Waals surface area contributed by atoms with Crippen molar-refractivity contribution in [2.45, 2.75) is 4.90 Å². The third-order valence-electron chi connectivity index (χ3n) is 4.26. The third-order valence-corrected chi connectivity index (χ3v) is 6.25. The fraction of sp³-hybridized carbons (Fsp3) is 0.158. The molecule has 148 valence electrons. The molecule has 10 heteroatoms. The van der Waals surface area contributed by atoms with Gasteiger partial charge in [0.05, 0.1) is 4.90 Å². The van der Waals surface area contributed by atoms with Crippen molar-refractivity contribution in [2.75, 3.05) is 24.6 Å². The maximum atomic E-state index is 13.1. The summed E-state index contributed by atoms with van der Waals surface area (Å²) in [5.41, 5.74) is 0.404. The molecule has 29 heavy (non-hydrogen) atoms. The Labute approximate surface area is 171 Å². The second-order valence-electron chi connectivity index (χ2n) is 6.07. The highest BCUT2D eigenvalue weighted by atomic mass is 35.5. The second-order valence-corrected chi connectivity index (χ2v) is 8.48. The molecule has 4 rings (SSSR count). The molecule has 0 aliphatic carbocycles. The Morgan fingerprint density at radius 3 is 2.48 bits per heavy atom. The molecule has 8 nitrogen and oxygen atoms in total. The van der Waals surface area contributed by atoms with Crippen LogP contribution in [0.2, 0.25) is 5.02 Å². The minimum Gasteiger partial charge on any atom is -0.486 e. The molecule has 3 aromatic rings. The number of benzene rings is 2.